The lowest BCUT2D eigenvalue weighted by atomic mass is 10.1. The molecule has 3 aromatic rings. The Morgan fingerprint density at radius 2 is 1.96 bits per heavy atom. The molecule has 0 aliphatic carbocycles. The first-order valence-electron chi connectivity index (χ1n) is 8.20. The van der Waals surface area contributed by atoms with E-state index in [0.29, 0.717) is 29.7 Å². The van der Waals surface area contributed by atoms with Crippen molar-refractivity contribution >= 4 is 16.9 Å². The third kappa shape index (κ3) is 3.82. The lowest BCUT2D eigenvalue weighted by Crippen LogP contribution is -2.28. The first kappa shape index (κ1) is 17.8. The maximum absolute atomic E-state index is 12.7. The van der Waals surface area contributed by atoms with E-state index < -0.39 is 12.2 Å². The summed E-state index contributed by atoms with van der Waals surface area (Å²) in [4.78, 5) is 18.5. The minimum absolute atomic E-state index is 0.301. The summed E-state index contributed by atoms with van der Waals surface area (Å²) in [5, 5.41) is 2.76. The van der Waals surface area contributed by atoms with Crippen LogP contribution in [0.15, 0.2) is 36.4 Å². The molecule has 0 saturated heterocycles. The number of nitrogens with one attached hydrogen (secondary N) is 2. The van der Waals surface area contributed by atoms with Crippen molar-refractivity contribution in [2.45, 2.75) is 20.3 Å². The van der Waals surface area contributed by atoms with Gasteiger partial charge in [0.1, 0.15) is 12.4 Å². The number of carbonyl (C=O) groups excluding carboxylic acids is 1. The van der Waals surface area contributed by atoms with Gasteiger partial charge in [0.05, 0.1) is 17.6 Å². The Bertz CT molecular complexity index is 917. The van der Waals surface area contributed by atoms with E-state index >= 15 is 0 Å². The summed E-state index contributed by atoms with van der Waals surface area (Å²) < 4.78 is 31.1. The van der Waals surface area contributed by atoms with E-state index in [-0.39, 0.29) is 5.91 Å². The van der Waals surface area contributed by atoms with Crippen molar-refractivity contribution in [2.75, 3.05) is 13.2 Å². The number of ether oxygens (including phenoxy) is 1. The van der Waals surface area contributed by atoms with Gasteiger partial charge in [0.2, 0.25) is 0 Å². The van der Waals surface area contributed by atoms with E-state index in [0.717, 1.165) is 16.9 Å². The second kappa shape index (κ2) is 7.51. The van der Waals surface area contributed by atoms with E-state index in [2.05, 4.69) is 15.3 Å². The van der Waals surface area contributed by atoms with Gasteiger partial charge in [-0.2, -0.15) is 0 Å². The summed E-state index contributed by atoms with van der Waals surface area (Å²) in [7, 11) is 0. The maximum atomic E-state index is 12.7. The molecule has 136 valence electrons. The third-order valence-electron chi connectivity index (χ3n) is 4.01. The molecule has 3 rings (SSSR count). The zero-order valence-corrected chi connectivity index (χ0v) is 14.5. The fraction of sp³-hybridized carbons (Fsp3) is 0.263. The van der Waals surface area contributed by atoms with Gasteiger partial charge in [-0.05, 0) is 43.2 Å². The van der Waals surface area contributed by atoms with Gasteiger partial charge < -0.3 is 15.0 Å². The van der Waals surface area contributed by atoms with Crippen LogP contribution in [0.2, 0.25) is 0 Å². The second-order valence-electron chi connectivity index (χ2n) is 5.98. The van der Waals surface area contributed by atoms with Crippen LogP contribution in [0.5, 0.6) is 5.75 Å². The molecule has 0 aliphatic rings. The maximum Gasteiger partial charge on any atom is 0.295 e. The Kier molecular flexibility index (Phi) is 5.16. The number of para-hydroxylation sites is 1. The highest BCUT2D eigenvalue weighted by Crippen LogP contribution is 2.22. The van der Waals surface area contributed by atoms with Crippen LogP contribution >= 0.6 is 0 Å². The number of halogens is 2. The number of rotatable bonds is 6. The third-order valence-corrected chi connectivity index (χ3v) is 4.01. The summed E-state index contributed by atoms with van der Waals surface area (Å²) in [6, 6.07) is 10.5. The van der Waals surface area contributed by atoms with Crippen LogP contribution in [-0.4, -0.2) is 29.0 Å². The molecular formula is C19H19F2N3O2. The molecule has 2 N–H and O–H groups in total. The number of nitrogens with zero attached hydrogens (tertiary/aromatic N) is 1. The summed E-state index contributed by atoms with van der Waals surface area (Å²) in [6.07, 6.45) is -2.68. The number of carbonyl (C=O) groups is 1. The van der Waals surface area contributed by atoms with Gasteiger partial charge >= 0.3 is 0 Å². The van der Waals surface area contributed by atoms with Gasteiger partial charge in [0.25, 0.3) is 12.3 Å². The molecule has 7 heteroatoms. The molecule has 5 nitrogen and oxygen atoms in total. The largest absolute Gasteiger partial charge is 0.491 e. The molecule has 1 amide bonds. The Morgan fingerprint density at radius 1 is 1.23 bits per heavy atom. The molecule has 0 unspecified atom stereocenters. The van der Waals surface area contributed by atoms with E-state index in [9.17, 15) is 13.6 Å². The van der Waals surface area contributed by atoms with Gasteiger partial charge in [0, 0.05) is 5.56 Å². The minimum Gasteiger partial charge on any atom is -0.491 e. The average molecular weight is 359 g/mol. The number of fused-ring (bicyclic) bond motifs is 1. The number of hydrogen-bond acceptors (Lipinski definition) is 3. The molecule has 0 fully saturated rings. The Balaban J connectivity index is 1.59. The quantitative estimate of drug-likeness (QED) is 0.656. The Morgan fingerprint density at radius 3 is 2.65 bits per heavy atom. The van der Waals surface area contributed by atoms with Crippen LogP contribution in [-0.2, 0) is 0 Å². The highest BCUT2D eigenvalue weighted by Gasteiger charge is 2.14. The normalized spacial score (nSPS) is 11.1. The fourth-order valence-electron chi connectivity index (χ4n) is 2.72. The van der Waals surface area contributed by atoms with Crippen molar-refractivity contribution < 1.29 is 18.3 Å². The summed E-state index contributed by atoms with van der Waals surface area (Å²) >= 11 is 0. The van der Waals surface area contributed by atoms with E-state index in [1.54, 1.807) is 12.1 Å². The van der Waals surface area contributed by atoms with E-state index in [4.69, 9.17) is 4.74 Å². The molecule has 0 bridgehead atoms. The predicted molar refractivity (Wildman–Crippen MR) is 94.8 cm³/mol. The van der Waals surface area contributed by atoms with Gasteiger partial charge in [-0.1, -0.05) is 18.2 Å². The van der Waals surface area contributed by atoms with Crippen molar-refractivity contribution in [3.05, 3.63) is 58.9 Å². The number of imidazole rings is 1. The van der Waals surface area contributed by atoms with Gasteiger partial charge in [-0.25, -0.2) is 13.8 Å². The van der Waals surface area contributed by atoms with Crippen LogP contribution in [0, 0.1) is 13.8 Å². The van der Waals surface area contributed by atoms with Crippen molar-refractivity contribution in [2.24, 2.45) is 0 Å². The Labute approximate surface area is 149 Å². The SMILES string of the molecule is Cc1cccc(C)c1OCCNC(=O)c1ccc2nc(C(F)F)[nH]c2c1. The molecule has 26 heavy (non-hydrogen) atoms. The lowest BCUT2D eigenvalue weighted by molar-refractivity contribution is 0.0947. The number of benzene rings is 2. The molecule has 2 aromatic carbocycles. The fourth-order valence-corrected chi connectivity index (χ4v) is 2.72. The minimum atomic E-state index is -2.68. The van der Waals surface area contributed by atoms with Crippen LogP contribution < -0.4 is 10.1 Å². The van der Waals surface area contributed by atoms with Gasteiger partial charge in [0.15, 0.2) is 5.82 Å². The van der Waals surface area contributed by atoms with Gasteiger partial charge in [-0.15, -0.1) is 0 Å². The number of amides is 1. The molecule has 0 atom stereocenters. The molecule has 0 saturated carbocycles. The summed E-state index contributed by atoms with van der Waals surface area (Å²) in [5.41, 5.74) is 3.25. The van der Waals surface area contributed by atoms with Crippen molar-refractivity contribution in [1.82, 2.24) is 15.3 Å². The van der Waals surface area contributed by atoms with E-state index in [1.807, 2.05) is 32.0 Å². The monoisotopic (exact) mass is 359 g/mol. The highest BCUT2D eigenvalue weighted by atomic mass is 19.3. The number of aromatic amines is 1. The highest BCUT2D eigenvalue weighted by molar-refractivity contribution is 5.97. The number of hydrogen-bond donors (Lipinski definition) is 2. The summed E-state index contributed by atoms with van der Waals surface area (Å²) in [6.45, 7) is 4.59. The zero-order valence-electron chi connectivity index (χ0n) is 14.5. The second-order valence-corrected chi connectivity index (χ2v) is 5.98. The smallest absolute Gasteiger partial charge is 0.295 e. The van der Waals surface area contributed by atoms with Gasteiger partial charge in [-0.3, -0.25) is 4.79 Å². The summed E-state index contributed by atoms with van der Waals surface area (Å²) in [5.74, 6) is 0.116. The first-order valence-corrected chi connectivity index (χ1v) is 8.20. The average Bonchev–Trinajstić information content (AvgIpc) is 3.04. The molecule has 0 radical (unpaired) electrons. The number of aryl methyl sites for hydroxylation is 2. The Hall–Kier alpha value is -2.96. The van der Waals surface area contributed by atoms with Crippen LogP contribution in [0.4, 0.5) is 8.78 Å². The molecule has 0 aliphatic heterocycles. The molecule has 1 aromatic heterocycles. The topological polar surface area (TPSA) is 67.0 Å². The standard InChI is InChI=1S/C19H19F2N3O2/c1-11-4-3-5-12(2)16(11)26-9-8-22-19(25)13-6-7-14-15(10-13)24-18(23-14)17(20)21/h3-7,10,17H,8-9H2,1-2H3,(H,22,25)(H,23,24). The van der Waals surface area contributed by atoms with Crippen molar-refractivity contribution in [3.63, 3.8) is 0 Å². The van der Waals surface area contributed by atoms with Crippen molar-refractivity contribution in [1.29, 1.82) is 0 Å². The van der Waals surface area contributed by atoms with Crippen molar-refractivity contribution in [3.8, 4) is 5.75 Å². The predicted octanol–water partition coefficient (Wildman–Crippen LogP) is 3.93. The number of aromatic nitrogens is 2. The van der Waals surface area contributed by atoms with E-state index in [1.165, 1.54) is 6.07 Å². The lowest BCUT2D eigenvalue weighted by Gasteiger charge is -2.12. The van der Waals surface area contributed by atoms with Crippen LogP contribution in [0.3, 0.4) is 0 Å². The van der Waals surface area contributed by atoms with Crippen LogP contribution in [0.1, 0.15) is 33.7 Å². The number of alkyl halides is 2. The number of H-pyrrole nitrogens is 1. The first-order chi connectivity index (χ1) is 12.5. The molecule has 0 spiro atoms. The molecule has 1 heterocycles. The van der Waals surface area contributed by atoms with Crippen LogP contribution in [0.25, 0.3) is 11.0 Å². The zero-order chi connectivity index (χ0) is 18.7. The molecular weight excluding hydrogens is 340 g/mol.